The summed E-state index contributed by atoms with van der Waals surface area (Å²) in [4.78, 5) is 2.42. The molecule has 1 saturated heterocycles. The van der Waals surface area contributed by atoms with Crippen molar-refractivity contribution in [1.29, 1.82) is 0 Å². The highest BCUT2D eigenvalue weighted by molar-refractivity contribution is 4.76. The quantitative estimate of drug-likeness (QED) is 0.722. The van der Waals surface area contributed by atoms with Crippen molar-refractivity contribution in [3.63, 3.8) is 0 Å². The van der Waals surface area contributed by atoms with Gasteiger partial charge >= 0.3 is 0 Å². The Morgan fingerprint density at radius 3 is 2.81 bits per heavy atom. The lowest BCUT2D eigenvalue weighted by atomic mass is 9.97. The monoisotopic (exact) mass is 228 g/mol. The van der Waals surface area contributed by atoms with Crippen molar-refractivity contribution in [2.45, 2.75) is 52.2 Å². The van der Waals surface area contributed by atoms with Gasteiger partial charge in [0.2, 0.25) is 0 Å². The zero-order valence-electron chi connectivity index (χ0n) is 11.1. The van der Waals surface area contributed by atoms with Gasteiger partial charge in [-0.1, -0.05) is 20.8 Å². The predicted molar refractivity (Wildman–Crippen MR) is 68.6 cm³/mol. The number of nitrogens with one attached hydrogen (secondary N) is 1. The first-order chi connectivity index (χ1) is 7.61. The molecule has 0 saturated carbocycles. The smallest absolute Gasteiger partial charge is 0.0664 e. The summed E-state index contributed by atoms with van der Waals surface area (Å²) in [7, 11) is 0. The predicted octanol–water partition coefficient (Wildman–Crippen LogP) is 1.47. The summed E-state index contributed by atoms with van der Waals surface area (Å²) in [6, 6.07) is 0.580. The van der Waals surface area contributed by atoms with E-state index in [2.05, 4.69) is 24.1 Å². The summed E-state index contributed by atoms with van der Waals surface area (Å²) >= 11 is 0. The van der Waals surface area contributed by atoms with Crippen LogP contribution >= 0.6 is 0 Å². The zero-order chi connectivity index (χ0) is 12.0. The Bertz CT molecular complexity index is 185. The van der Waals surface area contributed by atoms with E-state index in [9.17, 15) is 5.11 Å². The molecule has 2 unspecified atom stereocenters. The second-order valence-corrected chi connectivity index (χ2v) is 5.39. The van der Waals surface area contributed by atoms with Crippen LogP contribution in [0.25, 0.3) is 0 Å². The number of hydrogen-bond acceptors (Lipinski definition) is 3. The topological polar surface area (TPSA) is 35.5 Å². The molecule has 3 heteroatoms. The van der Waals surface area contributed by atoms with Crippen molar-refractivity contribution < 1.29 is 5.11 Å². The summed E-state index contributed by atoms with van der Waals surface area (Å²) in [5.41, 5.74) is 0. The van der Waals surface area contributed by atoms with E-state index in [-0.39, 0.29) is 6.10 Å². The minimum absolute atomic E-state index is 0.142. The van der Waals surface area contributed by atoms with E-state index in [0.717, 1.165) is 38.5 Å². The molecule has 0 aromatic rings. The Hall–Kier alpha value is -0.120. The molecule has 1 aliphatic heterocycles. The summed E-state index contributed by atoms with van der Waals surface area (Å²) in [5, 5.41) is 13.2. The molecule has 1 fully saturated rings. The van der Waals surface area contributed by atoms with Crippen LogP contribution in [0.3, 0.4) is 0 Å². The summed E-state index contributed by atoms with van der Waals surface area (Å²) in [6.45, 7) is 10.7. The van der Waals surface area contributed by atoms with Crippen LogP contribution in [0.15, 0.2) is 0 Å². The van der Waals surface area contributed by atoms with Gasteiger partial charge in [-0.2, -0.15) is 0 Å². The van der Waals surface area contributed by atoms with Crippen LogP contribution < -0.4 is 5.32 Å². The molecule has 1 aliphatic rings. The maximum Gasteiger partial charge on any atom is 0.0664 e. The first kappa shape index (κ1) is 13.9. The van der Waals surface area contributed by atoms with Gasteiger partial charge in [-0.05, 0) is 38.3 Å². The van der Waals surface area contributed by atoms with Crippen LogP contribution in [-0.4, -0.2) is 48.3 Å². The Balaban J connectivity index is 2.24. The van der Waals surface area contributed by atoms with Crippen molar-refractivity contribution in [3.05, 3.63) is 0 Å². The number of aliphatic hydroxyl groups excluding tert-OH is 1. The standard InChI is InChI=1S/C13H28N2O/c1-4-13(16)10-15-7-5-6-12(9-15)8-14-11(2)3/h11-14,16H,4-10H2,1-3H3. The SMILES string of the molecule is CCC(O)CN1CCCC(CNC(C)C)C1. The number of nitrogens with zero attached hydrogens (tertiary/aromatic N) is 1. The van der Waals surface area contributed by atoms with Gasteiger partial charge in [-0.25, -0.2) is 0 Å². The van der Waals surface area contributed by atoms with E-state index in [1.807, 2.05) is 6.92 Å². The van der Waals surface area contributed by atoms with Crippen LogP contribution in [0.1, 0.15) is 40.0 Å². The average Bonchev–Trinajstić information content (AvgIpc) is 2.26. The highest BCUT2D eigenvalue weighted by Crippen LogP contribution is 2.16. The molecule has 0 amide bonds. The number of likely N-dealkylation sites (tertiary alicyclic amines) is 1. The van der Waals surface area contributed by atoms with Gasteiger partial charge in [0.25, 0.3) is 0 Å². The third-order valence-electron chi connectivity index (χ3n) is 3.36. The molecular weight excluding hydrogens is 200 g/mol. The first-order valence-electron chi connectivity index (χ1n) is 6.75. The third-order valence-corrected chi connectivity index (χ3v) is 3.36. The van der Waals surface area contributed by atoms with E-state index < -0.39 is 0 Å². The minimum Gasteiger partial charge on any atom is -0.392 e. The van der Waals surface area contributed by atoms with Crippen molar-refractivity contribution in [2.75, 3.05) is 26.2 Å². The number of aliphatic hydroxyl groups is 1. The molecule has 0 bridgehead atoms. The molecule has 2 atom stereocenters. The second-order valence-electron chi connectivity index (χ2n) is 5.39. The molecule has 0 radical (unpaired) electrons. The molecule has 16 heavy (non-hydrogen) atoms. The van der Waals surface area contributed by atoms with Gasteiger partial charge in [-0.3, -0.25) is 0 Å². The number of rotatable bonds is 6. The molecule has 3 nitrogen and oxygen atoms in total. The van der Waals surface area contributed by atoms with Crippen LogP contribution in [0.4, 0.5) is 0 Å². The fourth-order valence-corrected chi connectivity index (χ4v) is 2.31. The largest absolute Gasteiger partial charge is 0.392 e. The lowest BCUT2D eigenvalue weighted by molar-refractivity contribution is 0.0816. The highest BCUT2D eigenvalue weighted by atomic mass is 16.3. The molecule has 0 aromatic heterocycles. The molecule has 0 aliphatic carbocycles. The van der Waals surface area contributed by atoms with Crippen molar-refractivity contribution in [2.24, 2.45) is 5.92 Å². The van der Waals surface area contributed by atoms with Gasteiger partial charge in [0.1, 0.15) is 0 Å². The molecule has 1 rings (SSSR count). The molecule has 2 N–H and O–H groups in total. The van der Waals surface area contributed by atoms with Crippen molar-refractivity contribution in [3.8, 4) is 0 Å². The third kappa shape index (κ3) is 5.28. The van der Waals surface area contributed by atoms with Gasteiger partial charge in [-0.15, -0.1) is 0 Å². The lowest BCUT2D eigenvalue weighted by Gasteiger charge is -2.34. The van der Waals surface area contributed by atoms with Crippen LogP contribution in [0, 0.1) is 5.92 Å². The van der Waals surface area contributed by atoms with Crippen molar-refractivity contribution >= 4 is 0 Å². The highest BCUT2D eigenvalue weighted by Gasteiger charge is 2.21. The fourth-order valence-electron chi connectivity index (χ4n) is 2.31. The van der Waals surface area contributed by atoms with E-state index >= 15 is 0 Å². The van der Waals surface area contributed by atoms with E-state index in [0.29, 0.717) is 6.04 Å². The maximum atomic E-state index is 9.66. The molecule has 0 spiro atoms. The van der Waals surface area contributed by atoms with Crippen molar-refractivity contribution in [1.82, 2.24) is 10.2 Å². The Morgan fingerprint density at radius 1 is 1.44 bits per heavy atom. The summed E-state index contributed by atoms with van der Waals surface area (Å²) in [6.07, 6.45) is 3.34. The summed E-state index contributed by atoms with van der Waals surface area (Å²) < 4.78 is 0. The van der Waals surface area contributed by atoms with Crippen LogP contribution in [0.2, 0.25) is 0 Å². The van der Waals surface area contributed by atoms with Gasteiger partial charge in [0.05, 0.1) is 6.10 Å². The number of hydrogen-bond donors (Lipinski definition) is 2. The second kappa shape index (κ2) is 7.25. The zero-order valence-corrected chi connectivity index (χ0v) is 11.1. The molecule has 96 valence electrons. The minimum atomic E-state index is -0.142. The average molecular weight is 228 g/mol. The maximum absolute atomic E-state index is 9.66. The Kier molecular flexibility index (Phi) is 6.32. The van der Waals surface area contributed by atoms with E-state index in [4.69, 9.17) is 0 Å². The van der Waals surface area contributed by atoms with E-state index in [1.54, 1.807) is 0 Å². The lowest BCUT2D eigenvalue weighted by Crippen LogP contribution is -2.43. The van der Waals surface area contributed by atoms with Gasteiger partial charge in [0, 0.05) is 19.1 Å². The van der Waals surface area contributed by atoms with Gasteiger partial charge < -0.3 is 15.3 Å². The van der Waals surface area contributed by atoms with Crippen LogP contribution in [-0.2, 0) is 0 Å². The number of β-amino-alcohol motifs (C(OH)–C–C–N with tert-alkyl or cyclic N) is 1. The normalized spacial score (nSPS) is 24.9. The molecule has 1 heterocycles. The molecular formula is C13H28N2O. The van der Waals surface area contributed by atoms with E-state index in [1.165, 1.54) is 12.8 Å². The Labute approximate surface area is 100 Å². The fraction of sp³-hybridized carbons (Fsp3) is 1.00. The molecule has 0 aromatic carbocycles. The Morgan fingerprint density at radius 2 is 2.19 bits per heavy atom. The number of piperidine rings is 1. The summed E-state index contributed by atoms with van der Waals surface area (Å²) in [5.74, 6) is 0.764. The van der Waals surface area contributed by atoms with Crippen LogP contribution in [0.5, 0.6) is 0 Å². The first-order valence-corrected chi connectivity index (χ1v) is 6.75. The van der Waals surface area contributed by atoms with Gasteiger partial charge in [0.15, 0.2) is 0 Å².